The highest BCUT2D eigenvalue weighted by Crippen LogP contribution is 2.26. The van der Waals surface area contributed by atoms with Crippen LogP contribution in [0.3, 0.4) is 0 Å². The Morgan fingerprint density at radius 2 is 1.11 bits per heavy atom. The van der Waals surface area contributed by atoms with Crippen LogP contribution < -0.4 is 4.74 Å². The monoisotopic (exact) mass is 362 g/mol. The Bertz CT molecular complexity index is 866. The van der Waals surface area contributed by atoms with Gasteiger partial charge in [-0.25, -0.2) is 4.79 Å². The summed E-state index contributed by atoms with van der Waals surface area (Å²) in [6, 6.07) is 23.7. The average molecular weight is 362 g/mol. The highest BCUT2D eigenvalue weighted by atomic mass is 16.6. The van der Waals surface area contributed by atoms with Crippen LogP contribution in [0.15, 0.2) is 72.8 Å². The largest absolute Gasteiger partial charge is 0.497 e. The van der Waals surface area contributed by atoms with E-state index in [1.807, 2.05) is 36.4 Å². The predicted octanol–water partition coefficient (Wildman–Crippen LogP) is 4.83. The minimum Gasteiger partial charge on any atom is -0.497 e. The molecule has 0 amide bonds. The summed E-state index contributed by atoms with van der Waals surface area (Å²) < 4.78 is 15.2. The van der Waals surface area contributed by atoms with Gasteiger partial charge in [-0.05, 0) is 46.5 Å². The fraction of sp³-hybridized carbons (Fsp3) is 0.174. The van der Waals surface area contributed by atoms with E-state index < -0.39 is 0 Å². The minimum atomic E-state index is -0.339. The van der Waals surface area contributed by atoms with Gasteiger partial charge >= 0.3 is 5.97 Å². The molecule has 0 spiro atoms. The second-order valence-corrected chi connectivity index (χ2v) is 6.01. The van der Waals surface area contributed by atoms with Crippen molar-refractivity contribution in [2.75, 3.05) is 27.4 Å². The summed E-state index contributed by atoms with van der Waals surface area (Å²) in [7, 11) is 3.23. The van der Waals surface area contributed by atoms with Crippen molar-refractivity contribution in [3.8, 4) is 28.0 Å². The maximum absolute atomic E-state index is 11.9. The van der Waals surface area contributed by atoms with E-state index >= 15 is 0 Å². The van der Waals surface area contributed by atoms with Crippen molar-refractivity contribution in [3.63, 3.8) is 0 Å². The molecule has 0 saturated carbocycles. The number of carbonyl (C=O) groups is 1. The summed E-state index contributed by atoms with van der Waals surface area (Å²) >= 11 is 0. The molecule has 4 heteroatoms. The third-order valence-corrected chi connectivity index (χ3v) is 4.28. The molecule has 0 aromatic heterocycles. The van der Waals surface area contributed by atoms with Gasteiger partial charge in [-0.1, -0.05) is 48.5 Å². The molecule has 0 heterocycles. The highest BCUT2D eigenvalue weighted by Gasteiger charge is 2.07. The number of ether oxygens (including phenoxy) is 3. The SMILES string of the molecule is COCCOC(=O)c1ccc(-c2ccc(-c3ccc(OC)cc3)cc2)cc1. The number of hydrogen-bond acceptors (Lipinski definition) is 4. The van der Waals surface area contributed by atoms with Gasteiger partial charge in [-0.15, -0.1) is 0 Å². The summed E-state index contributed by atoms with van der Waals surface area (Å²) in [6.45, 7) is 0.647. The second kappa shape index (κ2) is 9.01. The number of methoxy groups -OCH3 is 2. The molecular formula is C23H22O4. The molecule has 27 heavy (non-hydrogen) atoms. The molecular weight excluding hydrogens is 340 g/mol. The zero-order chi connectivity index (χ0) is 19.1. The Morgan fingerprint density at radius 1 is 0.667 bits per heavy atom. The lowest BCUT2D eigenvalue weighted by molar-refractivity contribution is 0.0388. The molecule has 3 rings (SSSR count). The van der Waals surface area contributed by atoms with Crippen LogP contribution in [0.2, 0.25) is 0 Å². The Kier molecular flexibility index (Phi) is 6.23. The highest BCUT2D eigenvalue weighted by molar-refractivity contribution is 5.90. The molecule has 138 valence electrons. The molecule has 0 aliphatic heterocycles. The van der Waals surface area contributed by atoms with E-state index in [1.54, 1.807) is 26.4 Å². The molecule has 0 atom stereocenters. The molecule has 0 fully saturated rings. The molecule has 0 aliphatic carbocycles. The van der Waals surface area contributed by atoms with E-state index in [4.69, 9.17) is 14.2 Å². The van der Waals surface area contributed by atoms with Crippen LogP contribution in [0.4, 0.5) is 0 Å². The first-order valence-corrected chi connectivity index (χ1v) is 8.72. The van der Waals surface area contributed by atoms with Gasteiger partial charge in [0, 0.05) is 7.11 Å². The van der Waals surface area contributed by atoms with Gasteiger partial charge in [-0.2, -0.15) is 0 Å². The van der Waals surface area contributed by atoms with Gasteiger partial charge in [0.05, 0.1) is 19.3 Å². The minimum absolute atomic E-state index is 0.254. The van der Waals surface area contributed by atoms with Crippen molar-refractivity contribution in [2.24, 2.45) is 0 Å². The fourth-order valence-electron chi connectivity index (χ4n) is 2.74. The van der Waals surface area contributed by atoms with Crippen LogP contribution in [0, 0.1) is 0 Å². The van der Waals surface area contributed by atoms with E-state index in [1.165, 1.54) is 0 Å². The first kappa shape index (κ1) is 18.7. The number of rotatable bonds is 7. The summed E-state index contributed by atoms with van der Waals surface area (Å²) in [5.74, 6) is 0.504. The summed E-state index contributed by atoms with van der Waals surface area (Å²) in [5.41, 5.74) is 4.94. The number of carbonyl (C=O) groups excluding carboxylic acids is 1. The van der Waals surface area contributed by atoms with Crippen molar-refractivity contribution in [2.45, 2.75) is 0 Å². The van der Waals surface area contributed by atoms with E-state index in [9.17, 15) is 4.79 Å². The van der Waals surface area contributed by atoms with Crippen molar-refractivity contribution in [3.05, 3.63) is 78.4 Å². The van der Waals surface area contributed by atoms with E-state index in [0.29, 0.717) is 12.2 Å². The van der Waals surface area contributed by atoms with E-state index in [2.05, 4.69) is 24.3 Å². The molecule has 0 saturated heterocycles. The molecule has 0 bridgehead atoms. The van der Waals surface area contributed by atoms with Crippen LogP contribution in [0.5, 0.6) is 5.75 Å². The third-order valence-electron chi connectivity index (χ3n) is 4.28. The van der Waals surface area contributed by atoms with Crippen LogP contribution in [0.1, 0.15) is 10.4 Å². The van der Waals surface area contributed by atoms with Gasteiger partial charge in [0.15, 0.2) is 0 Å². The molecule has 4 nitrogen and oxygen atoms in total. The van der Waals surface area contributed by atoms with Crippen LogP contribution in [-0.4, -0.2) is 33.4 Å². The number of esters is 1. The Morgan fingerprint density at radius 3 is 1.56 bits per heavy atom. The number of benzene rings is 3. The lowest BCUT2D eigenvalue weighted by atomic mass is 9.99. The van der Waals surface area contributed by atoms with Crippen molar-refractivity contribution < 1.29 is 19.0 Å². The van der Waals surface area contributed by atoms with Gasteiger partial charge in [0.2, 0.25) is 0 Å². The van der Waals surface area contributed by atoms with Crippen LogP contribution in [-0.2, 0) is 9.47 Å². The summed E-state index contributed by atoms with van der Waals surface area (Å²) in [4.78, 5) is 11.9. The zero-order valence-corrected chi connectivity index (χ0v) is 15.5. The zero-order valence-electron chi connectivity index (χ0n) is 15.5. The standard InChI is InChI=1S/C23H22O4/c1-25-15-16-27-23(24)21-9-7-19(8-10-21)17-3-5-18(6-4-17)20-11-13-22(26-2)14-12-20/h3-14H,15-16H2,1-2H3. The lowest BCUT2D eigenvalue weighted by Crippen LogP contribution is -2.09. The van der Waals surface area contributed by atoms with Crippen LogP contribution in [0.25, 0.3) is 22.3 Å². The quantitative estimate of drug-likeness (QED) is 0.446. The molecule has 0 radical (unpaired) electrons. The van der Waals surface area contributed by atoms with Crippen molar-refractivity contribution in [1.82, 2.24) is 0 Å². The summed E-state index contributed by atoms with van der Waals surface area (Å²) in [6.07, 6.45) is 0. The van der Waals surface area contributed by atoms with Gasteiger partial charge in [-0.3, -0.25) is 0 Å². The fourth-order valence-corrected chi connectivity index (χ4v) is 2.74. The molecule has 0 N–H and O–H groups in total. The second-order valence-electron chi connectivity index (χ2n) is 6.01. The van der Waals surface area contributed by atoms with Gasteiger partial charge < -0.3 is 14.2 Å². The first-order valence-electron chi connectivity index (χ1n) is 8.72. The molecule has 3 aromatic rings. The summed E-state index contributed by atoms with van der Waals surface area (Å²) in [5, 5.41) is 0. The molecule has 3 aromatic carbocycles. The maximum atomic E-state index is 11.9. The number of hydrogen-bond donors (Lipinski definition) is 0. The lowest BCUT2D eigenvalue weighted by Gasteiger charge is -2.07. The normalized spacial score (nSPS) is 10.4. The molecule has 0 unspecified atom stereocenters. The van der Waals surface area contributed by atoms with Crippen LogP contribution >= 0.6 is 0 Å². The Balaban J connectivity index is 1.70. The van der Waals surface area contributed by atoms with Gasteiger partial charge in [0.1, 0.15) is 12.4 Å². The predicted molar refractivity (Wildman–Crippen MR) is 106 cm³/mol. The Labute approximate surface area is 159 Å². The maximum Gasteiger partial charge on any atom is 0.338 e. The topological polar surface area (TPSA) is 44.8 Å². The smallest absolute Gasteiger partial charge is 0.338 e. The van der Waals surface area contributed by atoms with Crippen molar-refractivity contribution >= 4 is 5.97 Å². The Hall–Kier alpha value is -3.11. The van der Waals surface area contributed by atoms with E-state index in [-0.39, 0.29) is 12.6 Å². The average Bonchev–Trinajstić information content (AvgIpc) is 2.74. The third kappa shape index (κ3) is 4.74. The van der Waals surface area contributed by atoms with Crippen molar-refractivity contribution in [1.29, 1.82) is 0 Å². The van der Waals surface area contributed by atoms with E-state index in [0.717, 1.165) is 28.0 Å². The molecule has 0 aliphatic rings. The van der Waals surface area contributed by atoms with Gasteiger partial charge in [0.25, 0.3) is 0 Å². The first-order chi connectivity index (χ1) is 13.2.